The zero-order valence-corrected chi connectivity index (χ0v) is 16.4. The fourth-order valence-electron chi connectivity index (χ4n) is 2.70. The first-order valence-corrected chi connectivity index (χ1v) is 9.31. The average molecular weight is 450 g/mol. The number of benzene rings is 1. The second kappa shape index (κ2) is 8.87. The molecule has 10 heteroatoms. The molecule has 1 aromatic heterocycles. The van der Waals surface area contributed by atoms with Crippen molar-refractivity contribution in [2.24, 2.45) is 0 Å². The molecule has 1 saturated heterocycles. The van der Waals surface area contributed by atoms with Crippen LogP contribution in [0.3, 0.4) is 0 Å². The summed E-state index contributed by atoms with van der Waals surface area (Å²) < 4.78 is 13.7. The summed E-state index contributed by atoms with van der Waals surface area (Å²) in [5, 5.41) is 2.49. The lowest BCUT2D eigenvalue weighted by Gasteiger charge is -2.34. The van der Waals surface area contributed by atoms with Crippen molar-refractivity contribution in [1.82, 2.24) is 25.1 Å². The van der Waals surface area contributed by atoms with Crippen LogP contribution in [0, 0.1) is 5.82 Å². The number of hydrogen-bond acceptors (Lipinski definition) is 5. The standard InChI is InChI=1S/C18H17BrFN5O3/c19-13-9-21-15(22-10-13)11-23-16(26)18(28)25-7-5-24(6-8-25)17(27)12-1-3-14(20)4-2-12/h1-4,9-10H,5-8,11H2,(H,23,26). The highest BCUT2D eigenvalue weighted by atomic mass is 79.9. The third-order valence-electron chi connectivity index (χ3n) is 4.22. The van der Waals surface area contributed by atoms with Gasteiger partial charge in [0.25, 0.3) is 5.91 Å². The molecule has 3 amide bonds. The van der Waals surface area contributed by atoms with Crippen LogP contribution in [0.4, 0.5) is 4.39 Å². The highest BCUT2D eigenvalue weighted by Gasteiger charge is 2.28. The lowest BCUT2D eigenvalue weighted by Crippen LogP contribution is -2.53. The average Bonchev–Trinajstić information content (AvgIpc) is 2.73. The number of amides is 3. The van der Waals surface area contributed by atoms with Crippen LogP contribution in [0.15, 0.2) is 41.1 Å². The normalized spacial score (nSPS) is 13.9. The monoisotopic (exact) mass is 449 g/mol. The van der Waals surface area contributed by atoms with Crippen LogP contribution in [-0.2, 0) is 16.1 Å². The number of hydrogen-bond donors (Lipinski definition) is 1. The lowest BCUT2D eigenvalue weighted by atomic mass is 10.1. The number of rotatable bonds is 3. The molecule has 0 unspecified atom stereocenters. The first kappa shape index (κ1) is 19.9. The SMILES string of the molecule is O=C(NCc1ncc(Br)cn1)C(=O)N1CCN(C(=O)c2ccc(F)cc2)CC1. The predicted octanol–water partition coefficient (Wildman–Crippen LogP) is 0.979. The quantitative estimate of drug-likeness (QED) is 0.704. The molecule has 1 aliphatic rings. The first-order valence-electron chi connectivity index (χ1n) is 8.52. The van der Waals surface area contributed by atoms with E-state index in [9.17, 15) is 18.8 Å². The van der Waals surface area contributed by atoms with Gasteiger partial charge in [0.2, 0.25) is 0 Å². The van der Waals surface area contributed by atoms with E-state index in [4.69, 9.17) is 0 Å². The second-order valence-corrected chi connectivity index (χ2v) is 7.01. The summed E-state index contributed by atoms with van der Waals surface area (Å²) in [5.41, 5.74) is 0.383. The number of nitrogens with zero attached hydrogens (tertiary/aromatic N) is 4. The minimum Gasteiger partial charge on any atom is -0.341 e. The van der Waals surface area contributed by atoms with Crippen molar-refractivity contribution >= 4 is 33.7 Å². The summed E-state index contributed by atoms with van der Waals surface area (Å²) in [7, 11) is 0. The van der Waals surface area contributed by atoms with Gasteiger partial charge < -0.3 is 15.1 Å². The molecule has 3 rings (SSSR count). The highest BCUT2D eigenvalue weighted by Crippen LogP contribution is 2.10. The van der Waals surface area contributed by atoms with Crippen LogP contribution >= 0.6 is 15.9 Å². The number of carbonyl (C=O) groups excluding carboxylic acids is 3. The predicted molar refractivity (Wildman–Crippen MR) is 100 cm³/mol. The molecule has 0 radical (unpaired) electrons. The fraction of sp³-hybridized carbons (Fsp3) is 0.278. The van der Waals surface area contributed by atoms with E-state index in [1.54, 1.807) is 17.3 Å². The molecule has 0 aliphatic carbocycles. The molecule has 2 heterocycles. The van der Waals surface area contributed by atoms with E-state index < -0.39 is 17.6 Å². The molecule has 1 aliphatic heterocycles. The van der Waals surface area contributed by atoms with Gasteiger partial charge in [-0.1, -0.05) is 0 Å². The molecular formula is C18H17BrFN5O3. The summed E-state index contributed by atoms with van der Waals surface area (Å²) in [5.74, 6) is -1.66. The highest BCUT2D eigenvalue weighted by molar-refractivity contribution is 9.10. The zero-order valence-electron chi connectivity index (χ0n) is 14.8. The summed E-state index contributed by atoms with van der Waals surface area (Å²) in [6.45, 7) is 1.12. The summed E-state index contributed by atoms with van der Waals surface area (Å²) in [6, 6.07) is 5.30. The molecule has 146 valence electrons. The zero-order chi connectivity index (χ0) is 20.1. The largest absolute Gasteiger partial charge is 0.341 e. The van der Waals surface area contributed by atoms with Gasteiger partial charge >= 0.3 is 11.8 Å². The van der Waals surface area contributed by atoms with Gasteiger partial charge in [0.15, 0.2) is 0 Å². The summed E-state index contributed by atoms with van der Waals surface area (Å²) in [4.78, 5) is 47.8. The van der Waals surface area contributed by atoms with E-state index in [1.807, 2.05) is 0 Å². The third-order valence-corrected chi connectivity index (χ3v) is 4.63. The fourth-order valence-corrected chi connectivity index (χ4v) is 2.90. The molecular weight excluding hydrogens is 433 g/mol. The number of aromatic nitrogens is 2. The van der Waals surface area contributed by atoms with E-state index in [2.05, 4.69) is 31.2 Å². The van der Waals surface area contributed by atoms with Crippen molar-refractivity contribution in [2.45, 2.75) is 6.54 Å². The molecule has 2 aromatic rings. The number of piperazine rings is 1. The van der Waals surface area contributed by atoms with Crippen LogP contribution in [-0.4, -0.2) is 63.7 Å². The van der Waals surface area contributed by atoms with Crippen LogP contribution < -0.4 is 5.32 Å². The van der Waals surface area contributed by atoms with Crippen LogP contribution in [0.1, 0.15) is 16.2 Å². The molecule has 0 bridgehead atoms. The molecule has 1 N–H and O–H groups in total. The maximum atomic E-state index is 13.0. The molecule has 0 atom stereocenters. The minimum absolute atomic E-state index is 0.0425. The van der Waals surface area contributed by atoms with Crippen molar-refractivity contribution in [3.05, 3.63) is 58.3 Å². The van der Waals surface area contributed by atoms with Gasteiger partial charge in [0, 0.05) is 44.1 Å². The molecule has 0 spiro atoms. The maximum Gasteiger partial charge on any atom is 0.312 e. The molecule has 0 saturated carbocycles. The van der Waals surface area contributed by atoms with Crippen LogP contribution in [0.2, 0.25) is 0 Å². The van der Waals surface area contributed by atoms with Gasteiger partial charge in [-0.15, -0.1) is 0 Å². The van der Waals surface area contributed by atoms with E-state index in [1.165, 1.54) is 29.2 Å². The van der Waals surface area contributed by atoms with Gasteiger partial charge in [-0.25, -0.2) is 14.4 Å². The van der Waals surface area contributed by atoms with Crippen molar-refractivity contribution in [2.75, 3.05) is 26.2 Å². The van der Waals surface area contributed by atoms with Gasteiger partial charge in [-0.05, 0) is 40.2 Å². The minimum atomic E-state index is -0.746. The van der Waals surface area contributed by atoms with Crippen molar-refractivity contribution in [3.63, 3.8) is 0 Å². The second-order valence-electron chi connectivity index (χ2n) is 6.09. The van der Waals surface area contributed by atoms with Gasteiger partial charge in [-0.3, -0.25) is 14.4 Å². The maximum absolute atomic E-state index is 13.0. The Morgan fingerprint density at radius 1 is 1.00 bits per heavy atom. The van der Waals surface area contributed by atoms with Gasteiger partial charge in [-0.2, -0.15) is 0 Å². The number of nitrogens with one attached hydrogen (secondary N) is 1. The topological polar surface area (TPSA) is 95.5 Å². The van der Waals surface area contributed by atoms with E-state index >= 15 is 0 Å². The van der Waals surface area contributed by atoms with Crippen molar-refractivity contribution in [1.29, 1.82) is 0 Å². The Bertz CT molecular complexity index is 868. The molecule has 1 aromatic carbocycles. The van der Waals surface area contributed by atoms with Crippen LogP contribution in [0.25, 0.3) is 0 Å². The number of carbonyl (C=O) groups is 3. The number of halogens is 2. The van der Waals surface area contributed by atoms with Crippen LogP contribution in [0.5, 0.6) is 0 Å². The van der Waals surface area contributed by atoms with Gasteiger partial charge in [0.1, 0.15) is 11.6 Å². The Hall–Kier alpha value is -2.88. The Morgan fingerprint density at radius 2 is 1.57 bits per heavy atom. The Balaban J connectivity index is 1.48. The summed E-state index contributed by atoms with van der Waals surface area (Å²) >= 11 is 3.22. The third kappa shape index (κ3) is 4.89. The first-order chi connectivity index (χ1) is 13.4. The molecule has 28 heavy (non-hydrogen) atoms. The van der Waals surface area contributed by atoms with E-state index in [0.29, 0.717) is 29.0 Å². The smallest absolute Gasteiger partial charge is 0.312 e. The van der Waals surface area contributed by atoms with Crippen molar-refractivity contribution < 1.29 is 18.8 Å². The van der Waals surface area contributed by atoms with Gasteiger partial charge in [0.05, 0.1) is 11.0 Å². The Morgan fingerprint density at radius 3 is 2.18 bits per heavy atom. The Labute approximate surface area is 168 Å². The lowest BCUT2D eigenvalue weighted by molar-refractivity contribution is -0.146. The van der Waals surface area contributed by atoms with E-state index in [0.717, 1.165) is 0 Å². The Kier molecular flexibility index (Phi) is 6.30. The van der Waals surface area contributed by atoms with Crippen molar-refractivity contribution in [3.8, 4) is 0 Å². The summed E-state index contributed by atoms with van der Waals surface area (Å²) in [6.07, 6.45) is 3.10. The molecule has 1 fully saturated rings. The molecule has 8 nitrogen and oxygen atoms in total. The van der Waals surface area contributed by atoms with E-state index in [-0.39, 0.29) is 25.5 Å².